The van der Waals surface area contributed by atoms with Gasteiger partial charge >= 0.3 is 5.97 Å². The number of carbonyl (C=O) groups excluding carboxylic acids is 1. The Labute approximate surface area is 94.4 Å². The molecule has 0 aliphatic heterocycles. The fourth-order valence-electron chi connectivity index (χ4n) is 1.14. The van der Waals surface area contributed by atoms with Crippen molar-refractivity contribution in [1.82, 2.24) is 3.97 Å². The van der Waals surface area contributed by atoms with Gasteiger partial charge in [0.05, 0.1) is 11.9 Å². The molecule has 88 valence electrons. The summed E-state index contributed by atoms with van der Waals surface area (Å²) in [6.45, 7) is 1.44. The lowest BCUT2D eigenvalue weighted by atomic mass is 10.4. The first kappa shape index (κ1) is 12.5. The Balaban J connectivity index is 2.75. The smallest absolute Gasteiger partial charge is 0.302 e. The minimum absolute atomic E-state index is 0.129. The van der Waals surface area contributed by atoms with Gasteiger partial charge in [-0.15, -0.1) is 0 Å². The molecule has 0 saturated carbocycles. The largest absolute Gasteiger partial charge is 0.462 e. The Morgan fingerprint density at radius 2 is 2.25 bits per heavy atom. The third-order valence-corrected chi connectivity index (χ3v) is 2.82. The van der Waals surface area contributed by atoms with Crippen LogP contribution in [0.15, 0.2) is 24.4 Å². The number of hydrogen-bond acceptors (Lipinski definition) is 4. The monoisotopic (exact) mass is 243 g/mol. The Kier molecular flexibility index (Phi) is 3.89. The van der Waals surface area contributed by atoms with Gasteiger partial charge in [-0.1, -0.05) is 0 Å². The van der Waals surface area contributed by atoms with E-state index < -0.39 is 10.0 Å². The molecule has 0 aliphatic carbocycles. The number of rotatable bonds is 4. The average Bonchev–Trinajstić information content (AvgIpc) is 2.59. The summed E-state index contributed by atoms with van der Waals surface area (Å²) in [6.07, 6.45) is 5.75. The van der Waals surface area contributed by atoms with E-state index >= 15 is 0 Å². The lowest BCUT2D eigenvalue weighted by Gasteiger charge is -2.02. The number of aromatic nitrogens is 1. The highest BCUT2D eigenvalue weighted by Gasteiger charge is 2.06. The number of hydrogen-bond donors (Lipinski definition) is 0. The highest BCUT2D eigenvalue weighted by Crippen LogP contribution is 2.07. The van der Waals surface area contributed by atoms with Crippen molar-refractivity contribution in [2.75, 3.05) is 12.9 Å². The van der Waals surface area contributed by atoms with Gasteiger partial charge in [0, 0.05) is 13.1 Å². The van der Waals surface area contributed by atoms with Crippen molar-refractivity contribution in [3.63, 3.8) is 0 Å². The molecule has 1 heterocycles. The van der Waals surface area contributed by atoms with E-state index in [1.165, 1.54) is 13.1 Å². The van der Waals surface area contributed by atoms with Crippen molar-refractivity contribution >= 4 is 22.1 Å². The van der Waals surface area contributed by atoms with Crippen LogP contribution in [0.2, 0.25) is 0 Å². The van der Waals surface area contributed by atoms with Crippen molar-refractivity contribution in [1.29, 1.82) is 0 Å². The molecule has 0 saturated heterocycles. The number of esters is 1. The van der Waals surface area contributed by atoms with E-state index in [4.69, 9.17) is 0 Å². The minimum Gasteiger partial charge on any atom is -0.462 e. The van der Waals surface area contributed by atoms with Gasteiger partial charge in [0.15, 0.2) is 0 Å². The molecule has 6 heteroatoms. The highest BCUT2D eigenvalue weighted by atomic mass is 32.2. The maximum atomic E-state index is 11.3. The lowest BCUT2D eigenvalue weighted by Crippen LogP contribution is -2.10. The standard InChI is InChI=1S/C10H13NO4S/c1-9(12)15-8-4-6-10-5-3-7-11(10)16(2,13)14/h3-7H,8H2,1-2H3/b6-4+. The van der Waals surface area contributed by atoms with Crippen LogP contribution >= 0.6 is 0 Å². The Hall–Kier alpha value is -1.56. The third-order valence-electron chi connectivity index (χ3n) is 1.77. The zero-order valence-electron chi connectivity index (χ0n) is 9.08. The van der Waals surface area contributed by atoms with Crippen LogP contribution < -0.4 is 0 Å². The molecule has 0 spiro atoms. The van der Waals surface area contributed by atoms with Gasteiger partial charge < -0.3 is 4.74 Å². The lowest BCUT2D eigenvalue weighted by molar-refractivity contribution is -0.139. The van der Waals surface area contributed by atoms with Gasteiger partial charge in [-0.3, -0.25) is 4.79 Å². The van der Waals surface area contributed by atoms with E-state index in [0.29, 0.717) is 5.69 Å². The summed E-state index contributed by atoms with van der Waals surface area (Å²) in [5.74, 6) is -0.372. The van der Waals surface area contributed by atoms with Crippen LogP contribution in [0.4, 0.5) is 0 Å². The van der Waals surface area contributed by atoms with E-state index in [2.05, 4.69) is 4.74 Å². The number of nitrogens with zero attached hydrogens (tertiary/aromatic N) is 1. The topological polar surface area (TPSA) is 65.4 Å². The first-order valence-corrected chi connectivity index (χ1v) is 6.44. The zero-order chi connectivity index (χ0) is 12.2. The SMILES string of the molecule is CC(=O)OC/C=C/c1cccn1S(C)(=O)=O. The Bertz CT molecular complexity index is 499. The molecule has 1 aromatic rings. The molecule has 0 aromatic carbocycles. The quantitative estimate of drug-likeness (QED) is 0.736. The molecule has 0 fully saturated rings. The van der Waals surface area contributed by atoms with Gasteiger partial charge in [-0.05, 0) is 24.3 Å². The molecule has 0 atom stereocenters. The van der Waals surface area contributed by atoms with Crippen molar-refractivity contribution < 1.29 is 17.9 Å². The van der Waals surface area contributed by atoms with E-state index in [1.54, 1.807) is 24.3 Å². The van der Waals surface area contributed by atoms with Crippen LogP contribution in [0.1, 0.15) is 12.6 Å². The van der Waals surface area contributed by atoms with Gasteiger partial charge in [0.1, 0.15) is 6.61 Å². The van der Waals surface area contributed by atoms with Gasteiger partial charge in [0.2, 0.25) is 10.0 Å². The molecule has 16 heavy (non-hydrogen) atoms. The summed E-state index contributed by atoms with van der Waals surface area (Å²) in [5, 5.41) is 0. The fraction of sp³-hybridized carbons (Fsp3) is 0.300. The average molecular weight is 243 g/mol. The molecule has 1 aromatic heterocycles. The maximum Gasteiger partial charge on any atom is 0.302 e. The van der Waals surface area contributed by atoms with E-state index in [0.717, 1.165) is 10.2 Å². The van der Waals surface area contributed by atoms with Crippen LogP contribution in [-0.2, 0) is 19.6 Å². The molecular formula is C10H13NO4S. The van der Waals surface area contributed by atoms with E-state index in [9.17, 15) is 13.2 Å². The fourth-order valence-corrected chi connectivity index (χ4v) is 1.94. The summed E-state index contributed by atoms with van der Waals surface area (Å²) >= 11 is 0. The van der Waals surface area contributed by atoms with Crippen LogP contribution in [-0.4, -0.2) is 31.2 Å². The van der Waals surface area contributed by atoms with E-state index in [1.807, 2.05) is 0 Å². The van der Waals surface area contributed by atoms with Crippen LogP contribution in [0.25, 0.3) is 6.08 Å². The van der Waals surface area contributed by atoms with E-state index in [-0.39, 0.29) is 12.6 Å². The minimum atomic E-state index is -3.29. The van der Waals surface area contributed by atoms with Gasteiger partial charge in [-0.25, -0.2) is 12.4 Å². The van der Waals surface area contributed by atoms with Crippen LogP contribution in [0.3, 0.4) is 0 Å². The summed E-state index contributed by atoms with van der Waals surface area (Å²) in [7, 11) is -3.29. The molecular weight excluding hydrogens is 230 g/mol. The molecule has 5 nitrogen and oxygen atoms in total. The second-order valence-corrected chi connectivity index (χ2v) is 5.06. The predicted octanol–water partition coefficient (Wildman–Crippen LogP) is 0.872. The summed E-state index contributed by atoms with van der Waals surface area (Å²) in [4.78, 5) is 10.5. The van der Waals surface area contributed by atoms with Crippen molar-refractivity contribution in [3.8, 4) is 0 Å². The first-order valence-electron chi connectivity index (χ1n) is 4.59. The summed E-state index contributed by atoms with van der Waals surface area (Å²) < 4.78 is 28.4. The highest BCUT2D eigenvalue weighted by molar-refractivity contribution is 7.89. The van der Waals surface area contributed by atoms with Gasteiger partial charge in [-0.2, -0.15) is 0 Å². The Morgan fingerprint density at radius 3 is 2.81 bits per heavy atom. The summed E-state index contributed by atoms with van der Waals surface area (Å²) in [5.41, 5.74) is 0.523. The molecule has 0 bridgehead atoms. The molecule has 1 rings (SSSR count). The Morgan fingerprint density at radius 1 is 1.56 bits per heavy atom. The molecule has 0 amide bonds. The summed E-state index contributed by atoms with van der Waals surface area (Å²) in [6, 6.07) is 3.29. The molecule has 0 N–H and O–H groups in total. The third kappa shape index (κ3) is 3.54. The normalized spacial score (nSPS) is 11.9. The molecule has 0 unspecified atom stereocenters. The predicted molar refractivity (Wildman–Crippen MR) is 60.3 cm³/mol. The van der Waals surface area contributed by atoms with Crippen molar-refractivity contribution in [2.45, 2.75) is 6.92 Å². The number of carbonyl (C=O) groups is 1. The van der Waals surface area contributed by atoms with Crippen LogP contribution in [0, 0.1) is 0 Å². The van der Waals surface area contributed by atoms with Gasteiger partial charge in [0.25, 0.3) is 0 Å². The second kappa shape index (κ2) is 4.98. The first-order chi connectivity index (χ1) is 7.41. The molecule has 0 aliphatic rings. The van der Waals surface area contributed by atoms with Crippen LogP contribution in [0.5, 0.6) is 0 Å². The van der Waals surface area contributed by atoms with Crippen molar-refractivity contribution in [3.05, 3.63) is 30.1 Å². The van der Waals surface area contributed by atoms with Crippen molar-refractivity contribution in [2.24, 2.45) is 0 Å². The number of ether oxygens (including phenoxy) is 1. The molecule has 0 radical (unpaired) electrons. The maximum absolute atomic E-state index is 11.3. The zero-order valence-corrected chi connectivity index (χ0v) is 9.90. The second-order valence-electron chi connectivity index (χ2n) is 3.20.